The lowest BCUT2D eigenvalue weighted by Gasteiger charge is -2.13. The number of carbonyl (C=O) groups excluding carboxylic acids is 1. The number of anilines is 1. The molecule has 3 rings (SSSR count). The van der Waals surface area contributed by atoms with Gasteiger partial charge in [-0.1, -0.05) is 42.2 Å². The Hall–Kier alpha value is -1.98. The quantitative estimate of drug-likeness (QED) is 0.614. The molecule has 110 valence electrons. The van der Waals surface area contributed by atoms with Crippen LogP contribution in [-0.4, -0.2) is 15.2 Å². The van der Waals surface area contributed by atoms with Gasteiger partial charge in [0.05, 0.1) is 16.8 Å². The van der Waals surface area contributed by atoms with E-state index in [0.717, 1.165) is 5.56 Å². The van der Waals surface area contributed by atoms with Crippen LogP contribution in [0.5, 0.6) is 0 Å². The highest BCUT2D eigenvalue weighted by Gasteiger charge is 2.33. The Bertz CT molecular complexity index is 785. The van der Waals surface area contributed by atoms with Crippen molar-refractivity contribution in [1.82, 2.24) is 4.98 Å². The van der Waals surface area contributed by atoms with Gasteiger partial charge in [0.1, 0.15) is 0 Å². The second-order valence-electron chi connectivity index (χ2n) is 5.07. The summed E-state index contributed by atoms with van der Waals surface area (Å²) >= 11 is 6.66. The molecule has 1 amide bonds. The molecule has 1 aliphatic heterocycles. The zero-order valence-corrected chi connectivity index (χ0v) is 13.9. The summed E-state index contributed by atoms with van der Waals surface area (Å²) in [5, 5.41) is 0. The van der Waals surface area contributed by atoms with Gasteiger partial charge < -0.3 is 0 Å². The Balaban J connectivity index is 1.93. The van der Waals surface area contributed by atoms with Crippen LogP contribution in [0.1, 0.15) is 16.7 Å². The Morgan fingerprint density at radius 1 is 1.23 bits per heavy atom. The highest BCUT2D eigenvalue weighted by atomic mass is 32.2. The van der Waals surface area contributed by atoms with Crippen LogP contribution in [0.4, 0.5) is 5.69 Å². The van der Waals surface area contributed by atoms with E-state index in [2.05, 4.69) is 31.0 Å². The topological polar surface area (TPSA) is 33.2 Å². The van der Waals surface area contributed by atoms with E-state index in [1.807, 2.05) is 18.2 Å². The van der Waals surface area contributed by atoms with Gasteiger partial charge >= 0.3 is 0 Å². The molecular weight excluding hydrogens is 312 g/mol. The first-order valence-electron chi connectivity index (χ1n) is 6.81. The molecule has 2 heterocycles. The van der Waals surface area contributed by atoms with Crippen molar-refractivity contribution >= 4 is 46.0 Å². The summed E-state index contributed by atoms with van der Waals surface area (Å²) in [6, 6.07) is 9.77. The maximum absolute atomic E-state index is 12.6. The summed E-state index contributed by atoms with van der Waals surface area (Å²) < 4.78 is 0.535. The average Bonchev–Trinajstić information content (AvgIpc) is 2.78. The van der Waals surface area contributed by atoms with Gasteiger partial charge in [0.2, 0.25) is 0 Å². The van der Waals surface area contributed by atoms with Gasteiger partial charge in [0.25, 0.3) is 5.91 Å². The second kappa shape index (κ2) is 6.02. The van der Waals surface area contributed by atoms with E-state index >= 15 is 0 Å². The molecule has 0 saturated carbocycles. The molecule has 1 saturated heterocycles. The first-order valence-corrected chi connectivity index (χ1v) is 8.04. The molecule has 1 aromatic heterocycles. The van der Waals surface area contributed by atoms with Crippen molar-refractivity contribution in [1.29, 1.82) is 0 Å². The molecule has 0 N–H and O–H groups in total. The molecule has 3 nitrogen and oxygen atoms in total. The number of nitrogens with zero attached hydrogens (tertiary/aromatic N) is 2. The van der Waals surface area contributed by atoms with Crippen LogP contribution in [0.3, 0.4) is 0 Å². The molecule has 1 fully saturated rings. The predicted octanol–water partition coefficient (Wildman–Crippen LogP) is 4.10. The largest absolute Gasteiger partial charge is 0.270 e. The van der Waals surface area contributed by atoms with Crippen LogP contribution in [-0.2, 0) is 4.79 Å². The predicted molar refractivity (Wildman–Crippen MR) is 95.8 cm³/mol. The molecule has 0 unspecified atom stereocenters. The van der Waals surface area contributed by atoms with Crippen molar-refractivity contribution in [3.05, 3.63) is 64.3 Å². The number of rotatable bonds is 2. The van der Waals surface area contributed by atoms with Crippen molar-refractivity contribution in [3.8, 4) is 0 Å². The molecule has 2 aromatic rings. The van der Waals surface area contributed by atoms with Gasteiger partial charge in [-0.2, -0.15) is 0 Å². The smallest absolute Gasteiger partial charge is 0.268 e. The fourth-order valence-electron chi connectivity index (χ4n) is 2.18. The summed E-state index contributed by atoms with van der Waals surface area (Å²) in [6.07, 6.45) is 5.21. The number of hydrogen-bond acceptors (Lipinski definition) is 4. The Labute approximate surface area is 139 Å². The number of thioether (sulfide) groups is 1. The number of amides is 1. The lowest BCUT2D eigenvalue weighted by molar-refractivity contribution is -0.113. The lowest BCUT2D eigenvalue weighted by Crippen LogP contribution is -2.27. The summed E-state index contributed by atoms with van der Waals surface area (Å²) in [6.45, 7) is 4.13. The molecule has 22 heavy (non-hydrogen) atoms. The SMILES string of the molecule is Cc1ccc(/C=C2\SC(=S)N(c3cccnc3)C2=O)cc1C. The average molecular weight is 326 g/mol. The molecule has 0 atom stereocenters. The van der Waals surface area contributed by atoms with E-state index in [9.17, 15) is 4.79 Å². The standard InChI is InChI=1S/C17H14N2OS2/c1-11-5-6-13(8-12(11)2)9-15-16(20)19(17(21)22-15)14-4-3-7-18-10-14/h3-10H,1-2H3/b15-9-. The first kappa shape index (κ1) is 14.9. The zero-order valence-electron chi connectivity index (χ0n) is 12.2. The minimum Gasteiger partial charge on any atom is -0.268 e. The minimum absolute atomic E-state index is 0.0961. The van der Waals surface area contributed by atoms with Crippen LogP contribution in [0.25, 0.3) is 6.08 Å². The number of benzene rings is 1. The number of hydrogen-bond donors (Lipinski definition) is 0. The molecule has 1 aromatic carbocycles. The van der Waals surface area contributed by atoms with Crippen LogP contribution in [0, 0.1) is 13.8 Å². The van der Waals surface area contributed by atoms with Crippen LogP contribution in [0.2, 0.25) is 0 Å². The van der Waals surface area contributed by atoms with Crippen LogP contribution in [0.15, 0.2) is 47.6 Å². The van der Waals surface area contributed by atoms with E-state index in [4.69, 9.17) is 12.2 Å². The third-order valence-electron chi connectivity index (χ3n) is 3.53. The molecule has 0 bridgehead atoms. The highest BCUT2D eigenvalue weighted by Crippen LogP contribution is 2.35. The third kappa shape index (κ3) is 2.82. The third-order valence-corrected chi connectivity index (χ3v) is 4.83. The van der Waals surface area contributed by atoms with E-state index in [0.29, 0.717) is 14.9 Å². The van der Waals surface area contributed by atoms with Gasteiger partial charge in [0.15, 0.2) is 4.32 Å². The molecule has 0 spiro atoms. The van der Waals surface area contributed by atoms with E-state index in [1.165, 1.54) is 27.8 Å². The molecular formula is C17H14N2OS2. The van der Waals surface area contributed by atoms with Crippen molar-refractivity contribution in [2.45, 2.75) is 13.8 Å². The summed E-state index contributed by atoms with van der Waals surface area (Å²) in [4.78, 5) is 18.8. The van der Waals surface area contributed by atoms with Gasteiger partial charge in [-0.3, -0.25) is 14.7 Å². The Kier molecular flexibility index (Phi) is 4.09. The Morgan fingerprint density at radius 3 is 2.73 bits per heavy atom. The highest BCUT2D eigenvalue weighted by molar-refractivity contribution is 8.27. The van der Waals surface area contributed by atoms with E-state index in [-0.39, 0.29) is 5.91 Å². The molecule has 0 aliphatic carbocycles. The second-order valence-corrected chi connectivity index (χ2v) is 6.75. The van der Waals surface area contributed by atoms with Crippen molar-refractivity contribution in [2.24, 2.45) is 0 Å². The normalized spacial score (nSPS) is 16.6. The summed E-state index contributed by atoms with van der Waals surface area (Å²) in [5.41, 5.74) is 4.15. The van der Waals surface area contributed by atoms with Crippen LogP contribution < -0.4 is 4.90 Å². The van der Waals surface area contributed by atoms with Gasteiger partial charge in [0, 0.05) is 6.20 Å². The maximum atomic E-state index is 12.6. The monoisotopic (exact) mass is 326 g/mol. The van der Waals surface area contributed by atoms with Gasteiger partial charge in [-0.05, 0) is 48.7 Å². The lowest BCUT2D eigenvalue weighted by atomic mass is 10.1. The van der Waals surface area contributed by atoms with Crippen LogP contribution >= 0.6 is 24.0 Å². The number of pyridine rings is 1. The fraction of sp³-hybridized carbons (Fsp3) is 0.118. The van der Waals surface area contributed by atoms with E-state index < -0.39 is 0 Å². The fourth-order valence-corrected chi connectivity index (χ4v) is 3.48. The number of aromatic nitrogens is 1. The molecule has 1 aliphatic rings. The maximum Gasteiger partial charge on any atom is 0.270 e. The van der Waals surface area contributed by atoms with Crippen molar-refractivity contribution in [3.63, 3.8) is 0 Å². The number of thiocarbonyl (C=S) groups is 1. The zero-order chi connectivity index (χ0) is 15.7. The molecule has 5 heteroatoms. The number of carbonyl (C=O) groups is 1. The minimum atomic E-state index is -0.0961. The Morgan fingerprint density at radius 2 is 2.05 bits per heavy atom. The van der Waals surface area contributed by atoms with E-state index in [1.54, 1.807) is 18.5 Å². The van der Waals surface area contributed by atoms with Gasteiger partial charge in [-0.15, -0.1) is 0 Å². The summed E-state index contributed by atoms with van der Waals surface area (Å²) in [5.74, 6) is -0.0961. The van der Waals surface area contributed by atoms with Gasteiger partial charge in [-0.25, -0.2) is 0 Å². The number of aryl methyl sites for hydroxylation is 2. The summed E-state index contributed by atoms with van der Waals surface area (Å²) in [7, 11) is 0. The first-order chi connectivity index (χ1) is 10.6. The van der Waals surface area contributed by atoms with Crippen molar-refractivity contribution < 1.29 is 4.79 Å². The molecule has 0 radical (unpaired) electrons. The van der Waals surface area contributed by atoms with Crippen molar-refractivity contribution in [2.75, 3.05) is 4.90 Å².